The third-order valence-corrected chi connectivity index (χ3v) is 4.25. The molecule has 2 aromatic heterocycles. The summed E-state index contributed by atoms with van der Waals surface area (Å²) < 4.78 is 0. The molecule has 1 amide bonds. The van der Waals surface area contributed by atoms with Crippen molar-refractivity contribution in [3.8, 4) is 0 Å². The van der Waals surface area contributed by atoms with Crippen LogP contribution >= 0.6 is 0 Å². The Labute approximate surface area is 146 Å². The molecule has 3 aromatic rings. The lowest BCUT2D eigenvalue weighted by atomic mass is 9.96. The predicted octanol–water partition coefficient (Wildman–Crippen LogP) is 2.10. The molecule has 2 heterocycles. The second-order valence-electron chi connectivity index (χ2n) is 5.97. The van der Waals surface area contributed by atoms with Crippen LogP contribution in [0.25, 0.3) is 11.2 Å². The normalized spacial score (nSPS) is 12.1. The summed E-state index contributed by atoms with van der Waals surface area (Å²) in [4.78, 5) is 29.6. The second kappa shape index (κ2) is 7.74. The fourth-order valence-corrected chi connectivity index (χ4v) is 2.85. The van der Waals surface area contributed by atoms with Crippen LogP contribution < -0.4 is 10.2 Å². The molecule has 0 aliphatic heterocycles. The fourth-order valence-electron chi connectivity index (χ4n) is 2.85. The number of amides is 1. The lowest BCUT2D eigenvalue weighted by molar-refractivity contribution is -0.119. The van der Waals surface area contributed by atoms with Gasteiger partial charge in [0.15, 0.2) is 11.5 Å². The van der Waals surface area contributed by atoms with E-state index in [-0.39, 0.29) is 12.5 Å². The van der Waals surface area contributed by atoms with E-state index in [0.717, 1.165) is 11.9 Å². The van der Waals surface area contributed by atoms with Crippen LogP contribution in [-0.4, -0.2) is 46.0 Å². The Balaban J connectivity index is 1.59. The highest BCUT2D eigenvalue weighted by molar-refractivity contribution is 5.86. The van der Waals surface area contributed by atoms with Crippen LogP contribution in [0.3, 0.4) is 0 Å². The standard InChI is InChI=1S/C18H22N6O/c1-3-13(14-7-5-4-6-8-14)9-19-15(25)10-24(2)18-16-17(21-11-20-16)22-12-23-18/h4-8,11-13H,3,9-10H2,1-2H3,(H,19,25)(H,20,21,22,23)/t13-/m1/s1. The quantitative estimate of drug-likeness (QED) is 0.689. The first-order chi connectivity index (χ1) is 12.2. The van der Waals surface area contributed by atoms with E-state index in [9.17, 15) is 4.79 Å². The number of fused-ring (bicyclic) bond motifs is 1. The van der Waals surface area contributed by atoms with Gasteiger partial charge in [0.2, 0.25) is 5.91 Å². The van der Waals surface area contributed by atoms with Crippen LogP contribution in [0, 0.1) is 0 Å². The lowest BCUT2D eigenvalue weighted by Crippen LogP contribution is -2.37. The summed E-state index contributed by atoms with van der Waals surface area (Å²) in [5, 5.41) is 3.02. The van der Waals surface area contributed by atoms with Gasteiger partial charge in [-0.3, -0.25) is 4.79 Å². The van der Waals surface area contributed by atoms with Gasteiger partial charge < -0.3 is 15.2 Å². The number of carbonyl (C=O) groups is 1. The van der Waals surface area contributed by atoms with Crippen molar-refractivity contribution in [2.75, 3.05) is 25.0 Å². The van der Waals surface area contributed by atoms with Crippen LogP contribution in [-0.2, 0) is 4.79 Å². The zero-order valence-electron chi connectivity index (χ0n) is 14.4. The molecule has 7 heteroatoms. The maximum Gasteiger partial charge on any atom is 0.239 e. The van der Waals surface area contributed by atoms with Crippen LogP contribution in [0.15, 0.2) is 43.0 Å². The van der Waals surface area contributed by atoms with Gasteiger partial charge >= 0.3 is 0 Å². The molecule has 0 saturated heterocycles. The van der Waals surface area contributed by atoms with Crippen molar-refractivity contribution < 1.29 is 4.79 Å². The molecule has 7 nitrogen and oxygen atoms in total. The molecule has 25 heavy (non-hydrogen) atoms. The van der Waals surface area contributed by atoms with Gasteiger partial charge in [0, 0.05) is 19.5 Å². The number of hydrogen-bond donors (Lipinski definition) is 2. The number of likely N-dealkylation sites (N-methyl/N-ethyl adjacent to an activating group) is 1. The number of imidazole rings is 1. The van der Waals surface area contributed by atoms with Crippen LogP contribution in [0.1, 0.15) is 24.8 Å². The highest BCUT2D eigenvalue weighted by Crippen LogP contribution is 2.19. The molecule has 1 atom stereocenters. The Morgan fingerprint density at radius 1 is 1.24 bits per heavy atom. The SMILES string of the molecule is CC[C@H](CNC(=O)CN(C)c1ncnc2nc[nH]c12)c1ccccc1. The molecule has 2 N–H and O–H groups in total. The Morgan fingerprint density at radius 3 is 2.80 bits per heavy atom. The number of aromatic amines is 1. The van der Waals surface area contributed by atoms with E-state index in [0.29, 0.717) is 23.9 Å². The molecule has 3 rings (SSSR count). The van der Waals surface area contributed by atoms with Crippen molar-refractivity contribution in [3.05, 3.63) is 48.5 Å². The number of hydrogen-bond acceptors (Lipinski definition) is 5. The van der Waals surface area contributed by atoms with E-state index in [4.69, 9.17) is 0 Å². The fraction of sp³-hybridized carbons (Fsp3) is 0.333. The molecule has 1 aromatic carbocycles. The van der Waals surface area contributed by atoms with Crippen LogP contribution in [0.5, 0.6) is 0 Å². The third kappa shape index (κ3) is 3.93. The van der Waals surface area contributed by atoms with E-state index in [1.54, 1.807) is 11.2 Å². The maximum atomic E-state index is 12.3. The van der Waals surface area contributed by atoms with Crippen LogP contribution in [0.4, 0.5) is 5.82 Å². The molecular weight excluding hydrogens is 316 g/mol. The minimum atomic E-state index is -0.0387. The van der Waals surface area contributed by atoms with Gasteiger partial charge in [-0.2, -0.15) is 0 Å². The number of H-pyrrole nitrogens is 1. The number of benzene rings is 1. The summed E-state index contributed by atoms with van der Waals surface area (Å²) in [6.45, 7) is 2.97. The van der Waals surface area contributed by atoms with Gasteiger partial charge in [0.05, 0.1) is 12.9 Å². The maximum absolute atomic E-state index is 12.3. The molecular formula is C18H22N6O. The Morgan fingerprint density at radius 2 is 2.04 bits per heavy atom. The van der Waals surface area contributed by atoms with Crippen molar-refractivity contribution in [3.63, 3.8) is 0 Å². The number of rotatable bonds is 7. The first-order valence-corrected chi connectivity index (χ1v) is 8.36. The predicted molar refractivity (Wildman–Crippen MR) is 97.4 cm³/mol. The summed E-state index contributed by atoms with van der Waals surface area (Å²) in [7, 11) is 1.83. The average molecular weight is 338 g/mol. The first kappa shape index (κ1) is 16.9. The van der Waals surface area contributed by atoms with Gasteiger partial charge in [-0.25, -0.2) is 15.0 Å². The zero-order chi connectivity index (χ0) is 17.6. The molecule has 0 aliphatic rings. The summed E-state index contributed by atoms with van der Waals surface area (Å²) in [6.07, 6.45) is 4.00. The highest BCUT2D eigenvalue weighted by atomic mass is 16.2. The van der Waals surface area contributed by atoms with Gasteiger partial charge in [0.25, 0.3) is 0 Å². The van der Waals surface area contributed by atoms with Crippen molar-refractivity contribution in [1.29, 1.82) is 0 Å². The average Bonchev–Trinajstić information content (AvgIpc) is 3.11. The van der Waals surface area contributed by atoms with Crippen molar-refractivity contribution in [1.82, 2.24) is 25.3 Å². The van der Waals surface area contributed by atoms with E-state index < -0.39 is 0 Å². The Bertz CT molecular complexity index is 832. The first-order valence-electron chi connectivity index (χ1n) is 8.36. The van der Waals surface area contributed by atoms with Gasteiger partial charge in [-0.15, -0.1) is 0 Å². The number of nitrogens with zero attached hydrogens (tertiary/aromatic N) is 4. The second-order valence-corrected chi connectivity index (χ2v) is 5.97. The summed E-state index contributed by atoms with van der Waals surface area (Å²) in [5.41, 5.74) is 2.56. The smallest absolute Gasteiger partial charge is 0.239 e. The largest absolute Gasteiger partial charge is 0.354 e. The zero-order valence-corrected chi connectivity index (χ0v) is 14.4. The Kier molecular flexibility index (Phi) is 5.23. The minimum Gasteiger partial charge on any atom is -0.354 e. The molecule has 0 bridgehead atoms. The summed E-state index contributed by atoms with van der Waals surface area (Å²) in [5.74, 6) is 0.935. The topological polar surface area (TPSA) is 86.8 Å². The lowest BCUT2D eigenvalue weighted by Gasteiger charge is -2.20. The highest BCUT2D eigenvalue weighted by Gasteiger charge is 2.15. The monoisotopic (exact) mass is 338 g/mol. The summed E-state index contributed by atoms with van der Waals surface area (Å²) >= 11 is 0. The van der Waals surface area contributed by atoms with E-state index in [1.807, 2.05) is 25.2 Å². The van der Waals surface area contributed by atoms with Gasteiger partial charge in [0.1, 0.15) is 11.8 Å². The van der Waals surface area contributed by atoms with Gasteiger partial charge in [-0.05, 0) is 12.0 Å². The summed E-state index contributed by atoms with van der Waals surface area (Å²) in [6, 6.07) is 10.3. The van der Waals surface area contributed by atoms with Crippen molar-refractivity contribution in [2.24, 2.45) is 0 Å². The van der Waals surface area contributed by atoms with Crippen LogP contribution in [0.2, 0.25) is 0 Å². The number of nitrogens with one attached hydrogen (secondary N) is 2. The molecule has 0 unspecified atom stereocenters. The third-order valence-electron chi connectivity index (χ3n) is 4.25. The minimum absolute atomic E-state index is 0.0387. The van der Waals surface area contributed by atoms with E-state index in [1.165, 1.54) is 11.9 Å². The van der Waals surface area contributed by atoms with Gasteiger partial charge in [-0.1, -0.05) is 37.3 Å². The number of carbonyl (C=O) groups excluding carboxylic acids is 1. The molecule has 0 spiro atoms. The molecule has 0 aliphatic carbocycles. The van der Waals surface area contributed by atoms with E-state index in [2.05, 4.69) is 44.3 Å². The molecule has 130 valence electrons. The van der Waals surface area contributed by atoms with Crippen molar-refractivity contribution in [2.45, 2.75) is 19.3 Å². The van der Waals surface area contributed by atoms with Crippen molar-refractivity contribution >= 4 is 22.9 Å². The Hall–Kier alpha value is -2.96. The molecule has 0 radical (unpaired) electrons. The molecule has 0 fully saturated rings. The number of anilines is 1. The molecule has 0 saturated carbocycles. The van der Waals surface area contributed by atoms with E-state index >= 15 is 0 Å². The number of aromatic nitrogens is 4.